The van der Waals surface area contributed by atoms with Crippen LogP contribution in [0.15, 0.2) is 12.1 Å². The Morgan fingerprint density at radius 1 is 1.35 bits per heavy atom. The minimum atomic E-state index is -0.301. The van der Waals surface area contributed by atoms with E-state index in [1.807, 2.05) is 6.07 Å². The number of carbonyl (C=O) groups excluding carboxylic acids is 1. The zero-order chi connectivity index (χ0) is 15.9. The normalized spacial score (nSPS) is 40.6. The van der Waals surface area contributed by atoms with E-state index in [0.29, 0.717) is 24.3 Å². The fraction of sp³-hybridized carbons (Fsp3) is 0.632. The quantitative estimate of drug-likeness (QED) is 0.796. The van der Waals surface area contributed by atoms with Crippen molar-refractivity contribution in [2.75, 3.05) is 20.7 Å². The second-order valence-electron chi connectivity index (χ2n) is 7.84. The maximum Gasteiger partial charge on any atom is 0.174 e. The minimum absolute atomic E-state index is 0.122. The number of hydrogen-bond donors (Lipinski definition) is 0. The van der Waals surface area contributed by atoms with Gasteiger partial charge in [0.05, 0.1) is 7.11 Å². The highest BCUT2D eigenvalue weighted by atomic mass is 16.5. The molecule has 4 aliphatic rings. The molecule has 2 fully saturated rings. The van der Waals surface area contributed by atoms with E-state index in [1.54, 1.807) is 7.11 Å². The summed E-state index contributed by atoms with van der Waals surface area (Å²) in [6.07, 6.45) is 2.42. The number of methoxy groups -OCH3 is 1. The van der Waals surface area contributed by atoms with Crippen molar-refractivity contribution in [1.29, 1.82) is 0 Å². The molecule has 0 unspecified atom stereocenters. The van der Waals surface area contributed by atoms with Gasteiger partial charge < -0.3 is 14.4 Å². The number of carbonyl (C=O) groups is 1. The Bertz CT molecular complexity index is 715. The Morgan fingerprint density at radius 2 is 2.17 bits per heavy atom. The Balaban J connectivity index is 1.82. The number of rotatable bonds is 1. The van der Waals surface area contributed by atoms with E-state index in [1.165, 1.54) is 11.1 Å². The highest BCUT2D eigenvalue weighted by molar-refractivity contribution is 5.89. The lowest BCUT2D eigenvalue weighted by Gasteiger charge is -2.59. The maximum atomic E-state index is 12.8. The predicted octanol–water partition coefficient (Wildman–Crippen LogP) is 2.18. The Hall–Kier alpha value is -1.55. The van der Waals surface area contributed by atoms with E-state index in [4.69, 9.17) is 9.47 Å². The minimum Gasteiger partial charge on any atom is -0.493 e. The molecule has 2 aliphatic carbocycles. The van der Waals surface area contributed by atoms with E-state index in [0.717, 1.165) is 30.9 Å². The van der Waals surface area contributed by atoms with Crippen LogP contribution in [0.4, 0.5) is 0 Å². The number of ether oxygens (including phenoxy) is 2. The predicted molar refractivity (Wildman–Crippen MR) is 86.1 cm³/mol. The molecular formula is C19H23NO3. The Labute approximate surface area is 136 Å². The van der Waals surface area contributed by atoms with Gasteiger partial charge in [-0.15, -0.1) is 0 Å². The van der Waals surface area contributed by atoms with Gasteiger partial charge in [0.2, 0.25) is 0 Å². The van der Waals surface area contributed by atoms with Gasteiger partial charge in [-0.2, -0.15) is 0 Å². The number of benzene rings is 1. The molecule has 2 aliphatic heterocycles. The van der Waals surface area contributed by atoms with Gasteiger partial charge in [0.1, 0.15) is 0 Å². The first-order valence-corrected chi connectivity index (χ1v) is 8.68. The van der Waals surface area contributed by atoms with Crippen molar-refractivity contribution >= 4 is 5.78 Å². The maximum absolute atomic E-state index is 12.8. The molecule has 5 atom stereocenters. The smallest absolute Gasteiger partial charge is 0.174 e. The lowest BCUT2D eigenvalue weighted by atomic mass is 9.49. The van der Waals surface area contributed by atoms with Crippen molar-refractivity contribution in [2.45, 2.75) is 43.7 Å². The molecule has 1 spiro atoms. The van der Waals surface area contributed by atoms with E-state index < -0.39 is 0 Å². The van der Waals surface area contributed by atoms with Crippen molar-refractivity contribution in [2.24, 2.45) is 11.8 Å². The number of likely N-dealkylation sites (tertiary alicyclic amines) is 1. The SMILES string of the molecule is COc1ccc2c3c1O[C@H]1C(=O)C[C@@H](C)[C@H]4[C@@H](C2)N(C)CC[C@@]341. The third-order valence-electron chi connectivity index (χ3n) is 6.91. The van der Waals surface area contributed by atoms with Crippen molar-refractivity contribution in [3.8, 4) is 11.5 Å². The first kappa shape index (κ1) is 13.8. The van der Waals surface area contributed by atoms with Crippen molar-refractivity contribution < 1.29 is 14.3 Å². The zero-order valence-corrected chi connectivity index (χ0v) is 14.0. The van der Waals surface area contributed by atoms with Crippen LogP contribution in [-0.2, 0) is 16.6 Å². The molecule has 2 bridgehead atoms. The molecule has 0 aromatic heterocycles. The largest absolute Gasteiger partial charge is 0.493 e. The van der Waals surface area contributed by atoms with Crippen molar-refractivity contribution in [3.05, 3.63) is 23.3 Å². The summed E-state index contributed by atoms with van der Waals surface area (Å²) in [7, 11) is 3.92. The van der Waals surface area contributed by atoms with E-state index in [9.17, 15) is 4.79 Å². The number of likely N-dealkylation sites (N-methyl/N-ethyl adjacent to an activating group) is 1. The molecule has 0 radical (unpaired) electrons. The molecule has 1 aromatic carbocycles. The molecule has 5 rings (SSSR count). The van der Waals surface area contributed by atoms with Crippen molar-refractivity contribution in [3.63, 3.8) is 0 Å². The molecule has 122 valence electrons. The first-order valence-electron chi connectivity index (χ1n) is 8.68. The van der Waals surface area contributed by atoms with Crippen LogP contribution in [0.25, 0.3) is 0 Å². The van der Waals surface area contributed by atoms with Crippen molar-refractivity contribution in [1.82, 2.24) is 4.90 Å². The summed E-state index contributed by atoms with van der Waals surface area (Å²) in [5.41, 5.74) is 2.54. The molecule has 2 heterocycles. The van der Waals surface area contributed by atoms with E-state index in [2.05, 4.69) is 24.9 Å². The Kier molecular flexibility index (Phi) is 2.59. The molecule has 0 amide bonds. The van der Waals surface area contributed by atoms with Crippen LogP contribution >= 0.6 is 0 Å². The third-order valence-corrected chi connectivity index (χ3v) is 6.91. The summed E-state index contributed by atoms with van der Waals surface area (Å²) >= 11 is 0. The van der Waals surface area contributed by atoms with Crippen LogP contribution in [0.1, 0.15) is 30.9 Å². The molecule has 1 saturated carbocycles. The highest BCUT2D eigenvalue weighted by Gasteiger charge is 2.67. The van der Waals surface area contributed by atoms with Gasteiger partial charge >= 0.3 is 0 Å². The van der Waals surface area contributed by atoms with E-state index >= 15 is 0 Å². The summed E-state index contributed by atoms with van der Waals surface area (Å²) < 4.78 is 11.9. The summed E-state index contributed by atoms with van der Waals surface area (Å²) in [6, 6.07) is 4.72. The average molecular weight is 313 g/mol. The Morgan fingerprint density at radius 3 is 2.96 bits per heavy atom. The van der Waals surface area contributed by atoms with Crippen LogP contribution in [0.5, 0.6) is 11.5 Å². The van der Waals surface area contributed by atoms with Gasteiger partial charge in [-0.05, 0) is 49.9 Å². The van der Waals surface area contributed by atoms with Crippen LogP contribution in [-0.4, -0.2) is 43.5 Å². The molecule has 4 heteroatoms. The summed E-state index contributed by atoms with van der Waals surface area (Å²) in [5, 5.41) is 0. The fourth-order valence-corrected chi connectivity index (χ4v) is 6.12. The zero-order valence-electron chi connectivity index (χ0n) is 14.0. The number of nitrogens with zero attached hydrogens (tertiary/aromatic N) is 1. The van der Waals surface area contributed by atoms with Crippen LogP contribution in [0.2, 0.25) is 0 Å². The van der Waals surface area contributed by atoms with Crippen LogP contribution in [0, 0.1) is 11.8 Å². The molecule has 0 N–H and O–H groups in total. The number of hydrogen-bond acceptors (Lipinski definition) is 4. The highest BCUT2D eigenvalue weighted by Crippen LogP contribution is 2.64. The monoisotopic (exact) mass is 313 g/mol. The van der Waals surface area contributed by atoms with Gasteiger partial charge in [-0.1, -0.05) is 13.0 Å². The topological polar surface area (TPSA) is 38.8 Å². The molecule has 23 heavy (non-hydrogen) atoms. The lowest BCUT2D eigenvalue weighted by Crippen LogP contribution is -2.67. The second-order valence-corrected chi connectivity index (χ2v) is 7.84. The van der Waals surface area contributed by atoms with E-state index in [-0.39, 0.29) is 17.3 Å². The van der Waals surface area contributed by atoms with Gasteiger partial charge in [-0.3, -0.25) is 4.79 Å². The summed E-state index contributed by atoms with van der Waals surface area (Å²) in [6.45, 7) is 3.30. The second kappa shape index (κ2) is 4.29. The molecular weight excluding hydrogens is 290 g/mol. The van der Waals surface area contributed by atoms with Gasteiger partial charge in [-0.25, -0.2) is 0 Å². The number of ketones is 1. The standard InChI is InChI=1S/C19H23NO3/c1-10-8-13(21)18-19-6-7-20(2)12(15(10)19)9-11-4-5-14(22-3)17(23-18)16(11)19/h4-5,10,12,15,18H,6-9H2,1-3H3/t10-,12-,15+,18+,19+/m1/s1. The summed E-state index contributed by atoms with van der Waals surface area (Å²) in [5.74, 6) is 2.84. The van der Waals surface area contributed by atoms with Gasteiger partial charge in [0.15, 0.2) is 23.4 Å². The van der Waals surface area contributed by atoms with Crippen LogP contribution in [0.3, 0.4) is 0 Å². The fourth-order valence-electron chi connectivity index (χ4n) is 6.12. The average Bonchev–Trinajstić information content (AvgIpc) is 2.88. The first-order chi connectivity index (χ1) is 11.1. The van der Waals surface area contributed by atoms with Crippen LogP contribution < -0.4 is 9.47 Å². The van der Waals surface area contributed by atoms with Gasteiger partial charge in [0.25, 0.3) is 0 Å². The molecule has 1 saturated heterocycles. The molecule has 4 nitrogen and oxygen atoms in total. The lowest BCUT2D eigenvalue weighted by molar-refractivity contribution is -0.143. The summed E-state index contributed by atoms with van der Waals surface area (Å²) in [4.78, 5) is 15.3. The number of Topliss-reactive ketones (excluding diaryl/α,β-unsaturated/α-hetero) is 1. The van der Waals surface area contributed by atoms with Gasteiger partial charge in [0, 0.05) is 23.4 Å². The molecule has 1 aromatic rings. The number of piperidine rings is 1. The third kappa shape index (κ3) is 1.44.